The lowest BCUT2D eigenvalue weighted by Crippen LogP contribution is -2.37. The molecule has 1 aliphatic rings. The average molecular weight is 128 g/mol. The molecule has 0 spiro atoms. The predicted molar refractivity (Wildman–Crippen MR) is 36.4 cm³/mol. The van der Waals surface area contributed by atoms with Crippen molar-refractivity contribution in [2.24, 2.45) is 10.9 Å². The second-order valence-electron chi connectivity index (χ2n) is 2.02. The van der Waals surface area contributed by atoms with E-state index in [0.29, 0.717) is 0 Å². The lowest BCUT2D eigenvalue weighted by molar-refractivity contribution is 0.222. The zero-order valence-corrected chi connectivity index (χ0v) is 5.59. The quantitative estimate of drug-likeness (QED) is 0.401. The first-order valence-electron chi connectivity index (χ1n) is 3.17. The molecule has 4 heteroatoms. The zero-order chi connectivity index (χ0) is 6.69. The highest BCUT2D eigenvalue weighted by molar-refractivity contribution is 5.85. The fourth-order valence-electron chi connectivity index (χ4n) is 0.847. The molecule has 1 rings (SSSR count). The Balaban J connectivity index is 2.40. The summed E-state index contributed by atoms with van der Waals surface area (Å²) in [6, 6.07) is 0. The van der Waals surface area contributed by atoms with Gasteiger partial charge in [-0.05, 0) is 6.42 Å². The topological polar surface area (TPSA) is 53.6 Å². The molecular formula is C5H12N4. The highest BCUT2D eigenvalue weighted by Crippen LogP contribution is 2.03. The van der Waals surface area contributed by atoms with Crippen LogP contribution in [0.3, 0.4) is 0 Å². The van der Waals surface area contributed by atoms with Gasteiger partial charge in [-0.1, -0.05) is 6.92 Å². The van der Waals surface area contributed by atoms with Crippen LogP contribution in [-0.4, -0.2) is 17.4 Å². The minimum Gasteiger partial charge on any atom is -0.252 e. The van der Waals surface area contributed by atoms with Crippen LogP contribution in [0.1, 0.15) is 19.8 Å². The minimum atomic E-state index is 0.902. The molecule has 0 unspecified atom stereocenters. The van der Waals surface area contributed by atoms with Gasteiger partial charge in [-0.25, -0.2) is 5.12 Å². The molecule has 0 bridgehead atoms. The standard InChI is InChI=1S/C5H12N4/c1-2-5-3-4-9(7-5)8-6/h8H,2-4,6H2,1H3. The van der Waals surface area contributed by atoms with E-state index < -0.39 is 0 Å². The van der Waals surface area contributed by atoms with Gasteiger partial charge < -0.3 is 0 Å². The lowest BCUT2D eigenvalue weighted by Gasteiger charge is -2.08. The van der Waals surface area contributed by atoms with E-state index in [4.69, 9.17) is 5.84 Å². The fraction of sp³-hybridized carbons (Fsp3) is 0.800. The second-order valence-corrected chi connectivity index (χ2v) is 2.02. The van der Waals surface area contributed by atoms with Crippen LogP contribution in [0.2, 0.25) is 0 Å². The van der Waals surface area contributed by atoms with Gasteiger partial charge in [0.25, 0.3) is 0 Å². The molecule has 0 aromatic carbocycles. The van der Waals surface area contributed by atoms with Crippen molar-refractivity contribution in [2.45, 2.75) is 19.8 Å². The molecule has 0 aliphatic carbocycles. The summed E-state index contributed by atoms with van der Waals surface area (Å²) in [6.45, 7) is 3.00. The lowest BCUT2D eigenvalue weighted by atomic mass is 10.2. The molecule has 52 valence electrons. The molecule has 0 saturated carbocycles. The van der Waals surface area contributed by atoms with Gasteiger partial charge >= 0.3 is 0 Å². The molecule has 0 aromatic rings. The van der Waals surface area contributed by atoms with Crippen LogP contribution < -0.4 is 11.4 Å². The van der Waals surface area contributed by atoms with Crippen LogP contribution in [0.4, 0.5) is 0 Å². The molecule has 4 nitrogen and oxygen atoms in total. The molecule has 1 aliphatic heterocycles. The van der Waals surface area contributed by atoms with Crippen LogP contribution in [-0.2, 0) is 0 Å². The highest BCUT2D eigenvalue weighted by atomic mass is 15.8. The molecule has 0 atom stereocenters. The molecule has 0 aromatic heterocycles. The first-order chi connectivity index (χ1) is 4.36. The maximum Gasteiger partial charge on any atom is 0.0600 e. The summed E-state index contributed by atoms with van der Waals surface area (Å²) in [5.41, 5.74) is 3.69. The number of hydrazine groups is 2. The maximum absolute atomic E-state index is 5.12. The van der Waals surface area contributed by atoms with Crippen molar-refractivity contribution in [3.8, 4) is 0 Å². The summed E-state index contributed by atoms with van der Waals surface area (Å²) in [7, 11) is 0. The van der Waals surface area contributed by atoms with E-state index >= 15 is 0 Å². The smallest absolute Gasteiger partial charge is 0.0600 e. The molecule has 3 N–H and O–H groups in total. The molecule has 0 amide bonds. The molecule has 0 radical (unpaired) electrons. The zero-order valence-electron chi connectivity index (χ0n) is 5.59. The Bertz CT molecular complexity index is 120. The molecule has 1 heterocycles. The largest absolute Gasteiger partial charge is 0.252 e. The number of rotatable bonds is 2. The van der Waals surface area contributed by atoms with Gasteiger partial charge in [0.05, 0.1) is 6.54 Å². The van der Waals surface area contributed by atoms with E-state index in [0.717, 1.165) is 19.4 Å². The van der Waals surface area contributed by atoms with E-state index in [1.165, 1.54) is 5.71 Å². The van der Waals surface area contributed by atoms with Crippen molar-refractivity contribution in [3.63, 3.8) is 0 Å². The van der Waals surface area contributed by atoms with Crippen molar-refractivity contribution in [3.05, 3.63) is 0 Å². The third-order valence-electron chi connectivity index (χ3n) is 1.43. The summed E-state index contributed by atoms with van der Waals surface area (Å²) in [6.07, 6.45) is 2.07. The number of nitrogens with two attached hydrogens (primary N) is 1. The first kappa shape index (κ1) is 6.51. The highest BCUT2D eigenvalue weighted by Gasteiger charge is 2.09. The Labute approximate surface area is 54.6 Å². The number of hydrogen-bond acceptors (Lipinski definition) is 4. The van der Waals surface area contributed by atoms with E-state index in [1.54, 1.807) is 5.12 Å². The normalized spacial score (nSPS) is 18.4. The van der Waals surface area contributed by atoms with Gasteiger partial charge in [0.1, 0.15) is 0 Å². The number of hydrazone groups is 1. The Morgan fingerprint density at radius 1 is 1.89 bits per heavy atom. The van der Waals surface area contributed by atoms with Gasteiger partial charge in [-0.3, -0.25) is 5.84 Å². The van der Waals surface area contributed by atoms with Gasteiger partial charge in [0, 0.05) is 12.1 Å². The van der Waals surface area contributed by atoms with Crippen molar-refractivity contribution in [1.29, 1.82) is 0 Å². The third kappa shape index (κ3) is 1.40. The number of nitrogens with one attached hydrogen (secondary N) is 1. The molecule has 0 fully saturated rings. The van der Waals surface area contributed by atoms with E-state index in [1.807, 2.05) is 0 Å². The average Bonchev–Trinajstić information content (AvgIpc) is 2.34. The minimum absolute atomic E-state index is 0.902. The van der Waals surface area contributed by atoms with Crippen molar-refractivity contribution in [1.82, 2.24) is 10.7 Å². The van der Waals surface area contributed by atoms with Gasteiger partial charge in [-0.2, -0.15) is 10.6 Å². The SMILES string of the molecule is CCC1=NN(NN)CC1. The Kier molecular flexibility index (Phi) is 2.02. The van der Waals surface area contributed by atoms with Gasteiger partial charge in [-0.15, -0.1) is 0 Å². The Morgan fingerprint density at radius 2 is 2.67 bits per heavy atom. The summed E-state index contributed by atoms with van der Waals surface area (Å²) in [5.74, 6) is 5.12. The monoisotopic (exact) mass is 128 g/mol. The molecule has 9 heavy (non-hydrogen) atoms. The number of nitrogens with zero attached hydrogens (tertiary/aromatic N) is 2. The van der Waals surface area contributed by atoms with Crippen molar-refractivity contribution < 1.29 is 0 Å². The van der Waals surface area contributed by atoms with Crippen molar-refractivity contribution in [2.75, 3.05) is 6.54 Å². The first-order valence-corrected chi connectivity index (χ1v) is 3.17. The van der Waals surface area contributed by atoms with Crippen LogP contribution in [0.15, 0.2) is 5.10 Å². The fourth-order valence-corrected chi connectivity index (χ4v) is 0.847. The molecular weight excluding hydrogens is 116 g/mol. The van der Waals surface area contributed by atoms with Gasteiger partial charge in [0.2, 0.25) is 0 Å². The Hall–Kier alpha value is -0.610. The van der Waals surface area contributed by atoms with Crippen LogP contribution >= 0.6 is 0 Å². The van der Waals surface area contributed by atoms with Gasteiger partial charge in [0.15, 0.2) is 0 Å². The Morgan fingerprint density at radius 3 is 3.00 bits per heavy atom. The maximum atomic E-state index is 5.12. The summed E-state index contributed by atoms with van der Waals surface area (Å²) < 4.78 is 0. The van der Waals surface area contributed by atoms with E-state index in [-0.39, 0.29) is 0 Å². The predicted octanol–water partition coefficient (Wildman–Crippen LogP) is -0.164. The summed E-state index contributed by atoms with van der Waals surface area (Å²) >= 11 is 0. The number of hydrogen-bond donors (Lipinski definition) is 2. The van der Waals surface area contributed by atoms with Crippen LogP contribution in [0.5, 0.6) is 0 Å². The third-order valence-corrected chi connectivity index (χ3v) is 1.43. The van der Waals surface area contributed by atoms with Crippen molar-refractivity contribution >= 4 is 5.71 Å². The second kappa shape index (κ2) is 2.80. The molecule has 0 saturated heterocycles. The van der Waals surface area contributed by atoms with E-state index in [2.05, 4.69) is 17.6 Å². The summed E-state index contributed by atoms with van der Waals surface area (Å²) in [5, 5.41) is 5.79. The van der Waals surface area contributed by atoms with Crippen LogP contribution in [0, 0.1) is 0 Å². The van der Waals surface area contributed by atoms with E-state index in [9.17, 15) is 0 Å². The summed E-state index contributed by atoms with van der Waals surface area (Å²) in [4.78, 5) is 0. The van der Waals surface area contributed by atoms with Crippen LogP contribution in [0.25, 0.3) is 0 Å².